The van der Waals surface area contributed by atoms with Crippen LogP contribution < -0.4 is 5.32 Å². The number of piperidine rings is 1. The average molecular weight is 637 g/mol. The van der Waals surface area contributed by atoms with Crippen molar-refractivity contribution in [3.8, 4) is 0 Å². The van der Waals surface area contributed by atoms with Gasteiger partial charge in [-0.2, -0.15) is 5.10 Å². The Kier molecular flexibility index (Phi) is 9.23. The Hall–Kier alpha value is -4.01. The lowest BCUT2D eigenvalue weighted by Gasteiger charge is -2.31. The van der Waals surface area contributed by atoms with E-state index in [1.54, 1.807) is 32.9 Å². The van der Waals surface area contributed by atoms with Crippen molar-refractivity contribution < 1.29 is 36.7 Å². The van der Waals surface area contributed by atoms with Crippen LogP contribution in [0.15, 0.2) is 40.9 Å². The third-order valence-corrected chi connectivity index (χ3v) is 8.18. The summed E-state index contributed by atoms with van der Waals surface area (Å²) in [4.78, 5) is 36.8. The van der Waals surface area contributed by atoms with Crippen molar-refractivity contribution in [2.45, 2.75) is 77.1 Å². The van der Waals surface area contributed by atoms with Crippen molar-refractivity contribution in [1.82, 2.24) is 19.7 Å². The first-order chi connectivity index (χ1) is 20.9. The molecule has 15 heteroatoms. The number of amides is 2. The van der Waals surface area contributed by atoms with Crippen LogP contribution in [0.2, 0.25) is 0 Å². The van der Waals surface area contributed by atoms with E-state index in [4.69, 9.17) is 14.6 Å². The Labute approximate surface area is 255 Å². The molecule has 4 heterocycles. The molecule has 10 nitrogen and oxygen atoms in total. The van der Waals surface area contributed by atoms with Gasteiger partial charge in [-0.3, -0.25) is 14.8 Å². The first kappa shape index (κ1) is 31.4. The number of thiazole rings is 1. The molecular weight excluding hydrogens is 604 g/mol. The number of nitrogens with zero attached hydrogens (tertiary/aromatic N) is 5. The highest BCUT2D eigenvalue weighted by Gasteiger charge is 2.30. The molecule has 2 amide bonds. The van der Waals surface area contributed by atoms with Gasteiger partial charge in [-0.05, 0) is 57.4 Å². The predicted octanol–water partition coefficient (Wildman–Crippen LogP) is 6.83. The van der Waals surface area contributed by atoms with Crippen LogP contribution in [0, 0.1) is 0 Å². The Bertz CT molecular complexity index is 1510. The van der Waals surface area contributed by atoms with E-state index in [0.717, 1.165) is 22.0 Å². The molecule has 2 aliphatic heterocycles. The highest BCUT2D eigenvalue weighted by Crippen LogP contribution is 2.34. The largest absolute Gasteiger partial charge is 0.444 e. The molecule has 2 aromatic heterocycles. The molecule has 0 saturated carbocycles. The predicted molar refractivity (Wildman–Crippen MR) is 154 cm³/mol. The minimum atomic E-state index is -3.02. The number of ether oxygens (including phenoxy) is 1. The van der Waals surface area contributed by atoms with Crippen LogP contribution in [0.25, 0.3) is 0 Å². The lowest BCUT2D eigenvalue weighted by molar-refractivity contribution is -0.133. The molecule has 0 radical (unpaired) electrons. The third kappa shape index (κ3) is 7.55. The Morgan fingerprint density at radius 2 is 1.82 bits per heavy atom. The van der Waals surface area contributed by atoms with Crippen LogP contribution in [0.4, 0.5) is 28.0 Å². The van der Waals surface area contributed by atoms with E-state index in [1.165, 1.54) is 16.2 Å². The first-order valence-corrected chi connectivity index (χ1v) is 14.9. The minimum absolute atomic E-state index is 0.105. The van der Waals surface area contributed by atoms with Gasteiger partial charge in [-0.15, -0.1) is 11.3 Å². The number of oxime groups is 1. The van der Waals surface area contributed by atoms with Crippen LogP contribution in [0.3, 0.4) is 0 Å². The maximum Gasteiger partial charge on any atom is 0.412 e. The lowest BCUT2D eigenvalue weighted by Crippen LogP contribution is -2.40. The molecule has 1 aromatic carbocycles. The summed E-state index contributed by atoms with van der Waals surface area (Å²) in [6.45, 7) is 5.62. The number of hydrogen-bond donors (Lipinski definition) is 1. The zero-order chi connectivity index (χ0) is 31.6. The van der Waals surface area contributed by atoms with Crippen molar-refractivity contribution in [2.24, 2.45) is 5.16 Å². The average Bonchev–Trinajstić information content (AvgIpc) is 3.72. The van der Waals surface area contributed by atoms with Crippen LogP contribution in [-0.4, -0.2) is 56.1 Å². The van der Waals surface area contributed by atoms with Gasteiger partial charge >= 0.3 is 6.09 Å². The molecule has 1 N–H and O–H groups in total. The molecule has 1 saturated heterocycles. The van der Waals surface area contributed by atoms with E-state index < -0.39 is 48.4 Å². The van der Waals surface area contributed by atoms with Gasteiger partial charge in [-0.25, -0.2) is 27.3 Å². The fraction of sp³-hybridized carbons (Fsp3) is 0.483. The van der Waals surface area contributed by atoms with Crippen molar-refractivity contribution >= 4 is 34.7 Å². The molecule has 236 valence electrons. The maximum atomic E-state index is 13.3. The maximum absolute atomic E-state index is 13.3. The monoisotopic (exact) mass is 636 g/mol. The number of anilines is 1. The number of benzene rings is 1. The SMILES string of the molecule is CC(C)(C)OC(=O)Nc1ccc(C2CC(c3csc(C4CCN(C(=O)Cn5nc(C(F)F)cc5C(F)F)CC4)n3)=NO2)cc1. The molecule has 1 fully saturated rings. The van der Waals surface area contributed by atoms with Crippen molar-refractivity contribution in [3.05, 3.63) is 63.4 Å². The summed E-state index contributed by atoms with van der Waals surface area (Å²) in [5.41, 5.74) is 0.861. The molecule has 0 bridgehead atoms. The summed E-state index contributed by atoms with van der Waals surface area (Å²) < 4.78 is 58.4. The molecular formula is C29H32F4N6O4S. The number of carbonyl (C=O) groups excluding carboxylic acids is 2. The number of likely N-dealkylation sites (tertiary alicyclic amines) is 1. The van der Waals surface area contributed by atoms with Crippen LogP contribution in [0.5, 0.6) is 0 Å². The van der Waals surface area contributed by atoms with Crippen molar-refractivity contribution in [1.29, 1.82) is 0 Å². The standard InChI is InChI=1S/C29H32F4N6O4S/c1-29(2,3)42-28(41)34-18-6-4-16(5-7-18)23-13-19(37-43-23)21-15-44-27(35-21)17-8-10-38(11-9-17)24(40)14-39-22(26(32)33)12-20(36-39)25(30)31/h4-7,12,15,17,23,25-26H,8-11,13-14H2,1-3H3,(H,34,41). The lowest BCUT2D eigenvalue weighted by atomic mass is 9.97. The summed E-state index contributed by atoms with van der Waals surface area (Å²) in [6, 6.07) is 7.89. The molecule has 1 atom stereocenters. The van der Waals surface area contributed by atoms with Crippen molar-refractivity contribution in [2.75, 3.05) is 18.4 Å². The number of aromatic nitrogens is 3. The van der Waals surface area contributed by atoms with Gasteiger partial charge in [0.1, 0.15) is 29.2 Å². The van der Waals surface area contributed by atoms with Gasteiger partial charge in [0.2, 0.25) is 5.91 Å². The molecule has 3 aromatic rings. The number of carbonyl (C=O) groups is 2. The third-order valence-electron chi connectivity index (χ3n) is 7.17. The number of nitrogens with one attached hydrogen (secondary N) is 1. The highest BCUT2D eigenvalue weighted by atomic mass is 32.1. The Morgan fingerprint density at radius 1 is 1.11 bits per heavy atom. The Balaban J connectivity index is 1.12. The molecule has 44 heavy (non-hydrogen) atoms. The van der Waals surface area contributed by atoms with Crippen molar-refractivity contribution in [3.63, 3.8) is 0 Å². The van der Waals surface area contributed by atoms with Gasteiger partial charge in [0.15, 0.2) is 6.10 Å². The summed E-state index contributed by atoms with van der Waals surface area (Å²) in [5.74, 6) is -0.348. The van der Waals surface area contributed by atoms with E-state index in [2.05, 4.69) is 15.6 Å². The second-order valence-corrected chi connectivity index (χ2v) is 12.5. The Morgan fingerprint density at radius 3 is 2.45 bits per heavy atom. The number of halogens is 4. The van der Waals surface area contributed by atoms with E-state index >= 15 is 0 Å². The molecule has 5 rings (SSSR count). The molecule has 2 aliphatic rings. The summed E-state index contributed by atoms with van der Waals surface area (Å²) >= 11 is 1.50. The number of alkyl halides is 4. The molecule has 1 unspecified atom stereocenters. The molecule has 0 aliphatic carbocycles. The summed E-state index contributed by atoms with van der Waals surface area (Å²) in [6.07, 6.45) is -5.09. The van der Waals surface area contributed by atoms with E-state index in [1.807, 2.05) is 17.5 Å². The number of hydrogen-bond acceptors (Lipinski definition) is 8. The van der Waals surface area contributed by atoms with E-state index in [0.29, 0.717) is 48.8 Å². The van der Waals surface area contributed by atoms with Crippen LogP contribution in [-0.2, 0) is 20.9 Å². The smallest absolute Gasteiger partial charge is 0.412 e. The zero-order valence-corrected chi connectivity index (χ0v) is 25.1. The number of rotatable bonds is 8. The van der Waals surface area contributed by atoms with Gasteiger partial charge < -0.3 is 14.5 Å². The normalized spacial score (nSPS) is 17.6. The fourth-order valence-corrected chi connectivity index (χ4v) is 5.98. The second-order valence-electron chi connectivity index (χ2n) is 11.6. The summed E-state index contributed by atoms with van der Waals surface area (Å²) in [5, 5.41) is 13.3. The quantitative estimate of drug-likeness (QED) is 0.271. The highest BCUT2D eigenvalue weighted by molar-refractivity contribution is 7.10. The van der Waals surface area contributed by atoms with Gasteiger partial charge in [-0.1, -0.05) is 17.3 Å². The summed E-state index contributed by atoms with van der Waals surface area (Å²) in [7, 11) is 0. The van der Waals surface area contributed by atoms with Crippen LogP contribution >= 0.6 is 11.3 Å². The van der Waals surface area contributed by atoms with Gasteiger partial charge in [0, 0.05) is 36.5 Å². The van der Waals surface area contributed by atoms with E-state index in [9.17, 15) is 27.2 Å². The molecule has 0 spiro atoms. The minimum Gasteiger partial charge on any atom is -0.444 e. The van der Waals surface area contributed by atoms with Crippen LogP contribution in [0.1, 0.15) is 92.6 Å². The second kappa shape index (κ2) is 12.9. The first-order valence-electron chi connectivity index (χ1n) is 14.1. The zero-order valence-electron chi connectivity index (χ0n) is 24.3. The van der Waals surface area contributed by atoms with E-state index in [-0.39, 0.29) is 12.0 Å². The topological polar surface area (TPSA) is 111 Å². The van der Waals surface area contributed by atoms with Gasteiger partial charge in [0.25, 0.3) is 12.9 Å². The van der Waals surface area contributed by atoms with Gasteiger partial charge in [0.05, 0.1) is 10.7 Å². The fourth-order valence-electron chi connectivity index (χ4n) is 4.98.